The minimum absolute atomic E-state index is 0.285. The number of unbranched alkanes of at least 4 members (excludes halogenated alkanes) is 3. The molecule has 0 spiro atoms. The van der Waals surface area contributed by atoms with E-state index in [1.807, 2.05) is 18.2 Å². The molecule has 0 radical (unpaired) electrons. The van der Waals surface area contributed by atoms with Gasteiger partial charge in [-0.3, -0.25) is 0 Å². The van der Waals surface area contributed by atoms with Crippen molar-refractivity contribution in [2.45, 2.75) is 90.1 Å². The van der Waals surface area contributed by atoms with Crippen molar-refractivity contribution < 1.29 is 5.11 Å². The first kappa shape index (κ1) is 22.0. The van der Waals surface area contributed by atoms with Crippen LogP contribution in [0.2, 0.25) is 17.7 Å². The number of hydrogen-bond donors (Lipinski definition) is 1. The van der Waals surface area contributed by atoms with Gasteiger partial charge in [-0.05, 0) is 0 Å². The quantitative estimate of drug-likeness (QED) is 0.322. The van der Waals surface area contributed by atoms with E-state index in [9.17, 15) is 5.11 Å². The van der Waals surface area contributed by atoms with Gasteiger partial charge in [0.05, 0.1) is 0 Å². The maximum absolute atomic E-state index is 10.9. The molecule has 24 heavy (non-hydrogen) atoms. The van der Waals surface area contributed by atoms with Crippen molar-refractivity contribution in [2.24, 2.45) is 5.92 Å². The molecule has 2 heteroatoms. The Morgan fingerprint density at radius 1 is 0.833 bits per heavy atom. The number of aliphatic hydroxyl groups excluding tert-OH is 1. The second kappa shape index (κ2) is 12.4. The van der Waals surface area contributed by atoms with Crippen LogP contribution in [-0.2, 0) is 0 Å². The van der Waals surface area contributed by atoms with E-state index < -0.39 is 18.4 Å². The third-order valence-electron chi connectivity index (χ3n) is 5.62. The van der Waals surface area contributed by atoms with Crippen LogP contribution in [0.5, 0.6) is 0 Å². The van der Waals surface area contributed by atoms with Crippen molar-refractivity contribution in [1.29, 1.82) is 0 Å². The molecule has 0 aliphatic rings. The van der Waals surface area contributed by atoms with Crippen LogP contribution in [0.25, 0.3) is 0 Å². The predicted octanol–water partition coefficient (Wildman–Crippen LogP) is 7.21. The zero-order valence-electron chi connectivity index (χ0n) is 16.6. The second-order valence-corrected chi connectivity index (χ2v) is 21.9. The number of aliphatic hydroxyl groups is 1. The Kier molecular flexibility index (Phi) is 11.3. The molecule has 1 nitrogen and oxygen atoms in total. The Labute approximate surface area is 155 Å². The van der Waals surface area contributed by atoms with Crippen LogP contribution in [-0.4, -0.2) is 23.5 Å². The van der Waals surface area contributed by atoms with Crippen LogP contribution in [0, 0.1) is 5.92 Å². The number of rotatable bonds is 13. The minimum atomic E-state index is -2.15. The first-order valence-corrected chi connectivity index (χ1v) is 18.4. The van der Waals surface area contributed by atoms with Crippen molar-refractivity contribution >= 4 is 18.4 Å². The average molecular weight is 439 g/mol. The van der Waals surface area contributed by atoms with Crippen LogP contribution < -0.4 is 0 Å². The zero-order chi connectivity index (χ0) is 17.8. The molecular weight excluding hydrogens is 399 g/mol. The van der Waals surface area contributed by atoms with Crippen LogP contribution in [0.1, 0.15) is 77.9 Å². The van der Waals surface area contributed by atoms with Gasteiger partial charge in [0, 0.05) is 0 Å². The van der Waals surface area contributed by atoms with E-state index in [1.165, 1.54) is 56.3 Å². The molecule has 1 aromatic rings. The molecule has 1 N–H and O–H groups in total. The molecular formula is C22H40OSn. The van der Waals surface area contributed by atoms with Gasteiger partial charge < -0.3 is 0 Å². The van der Waals surface area contributed by atoms with Crippen molar-refractivity contribution in [2.75, 3.05) is 0 Å². The van der Waals surface area contributed by atoms with E-state index >= 15 is 0 Å². The third kappa shape index (κ3) is 7.47. The van der Waals surface area contributed by atoms with Crippen LogP contribution >= 0.6 is 0 Å². The topological polar surface area (TPSA) is 20.2 Å². The van der Waals surface area contributed by atoms with Gasteiger partial charge in [-0.2, -0.15) is 0 Å². The van der Waals surface area contributed by atoms with Crippen molar-refractivity contribution in [1.82, 2.24) is 0 Å². The molecule has 0 amide bonds. The zero-order valence-corrected chi connectivity index (χ0v) is 19.4. The molecule has 1 rings (SSSR count). The third-order valence-corrected chi connectivity index (χ3v) is 22.0. The summed E-state index contributed by atoms with van der Waals surface area (Å²) in [6, 6.07) is 10.3. The summed E-state index contributed by atoms with van der Waals surface area (Å²) in [6.45, 7) is 9.29. The van der Waals surface area contributed by atoms with Crippen molar-refractivity contribution in [3.63, 3.8) is 0 Å². The van der Waals surface area contributed by atoms with Gasteiger partial charge in [0.25, 0.3) is 0 Å². The van der Waals surface area contributed by atoms with Crippen LogP contribution in [0.3, 0.4) is 0 Å². The summed E-state index contributed by atoms with van der Waals surface area (Å²) in [5, 5.41) is 10.9. The van der Waals surface area contributed by atoms with E-state index in [4.69, 9.17) is 0 Å². The molecule has 0 saturated heterocycles. The Hall–Kier alpha value is -0.0213. The van der Waals surface area contributed by atoms with E-state index in [-0.39, 0.29) is 6.10 Å². The second-order valence-electron chi connectivity index (χ2n) is 7.85. The summed E-state index contributed by atoms with van der Waals surface area (Å²) >= 11 is -2.15. The summed E-state index contributed by atoms with van der Waals surface area (Å²) in [5.41, 5.74) is 1.10. The molecule has 0 aliphatic heterocycles. The molecule has 0 bridgehead atoms. The Balaban J connectivity index is 2.86. The molecule has 0 fully saturated rings. The molecule has 0 aliphatic carbocycles. The summed E-state index contributed by atoms with van der Waals surface area (Å²) in [6.07, 6.45) is 7.94. The van der Waals surface area contributed by atoms with Gasteiger partial charge >= 0.3 is 155 Å². The van der Waals surface area contributed by atoms with Gasteiger partial charge in [0.2, 0.25) is 0 Å². The molecule has 0 heterocycles. The van der Waals surface area contributed by atoms with E-state index in [0.717, 1.165) is 5.56 Å². The summed E-state index contributed by atoms with van der Waals surface area (Å²) in [7, 11) is 0. The van der Waals surface area contributed by atoms with Crippen molar-refractivity contribution in [3.8, 4) is 0 Å². The fourth-order valence-electron chi connectivity index (χ4n) is 4.11. The Morgan fingerprint density at radius 2 is 1.29 bits per heavy atom. The van der Waals surface area contributed by atoms with E-state index in [2.05, 4.69) is 39.8 Å². The van der Waals surface area contributed by atoms with Crippen LogP contribution in [0.4, 0.5) is 0 Å². The van der Waals surface area contributed by atoms with Gasteiger partial charge in [0.1, 0.15) is 0 Å². The van der Waals surface area contributed by atoms with Gasteiger partial charge in [-0.15, -0.1) is 0 Å². The standard InChI is InChI=1S/C10H13O.3C4H9.Sn/c1-8(2)10(11)9-6-4-3-5-7-9;3*1-3-4-2;/h3-8,10-11H,1H2,2H3;3*1,3-4H2,2H3;/t8-,10-;;;;/m0..../s1. The fraction of sp³-hybridized carbons (Fsp3) is 0.727. The van der Waals surface area contributed by atoms with Gasteiger partial charge in [0.15, 0.2) is 0 Å². The molecule has 0 unspecified atom stereocenters. The Morgan fingerprint density at radius 3 is 1.71 bits per heavy atom. The van der Waals surface area contributed by atoms with Gasteiger partial charge in [-0.25, -0.2) is 0 Å². The molecule has 0 saturated carbocycles. The normalized spacial score (nSPS) is 14.5. The molecule has 2 atom stereocenters. The van der Waals surface area contributed by atoms with E-state index in [0.29, 0.717) is 5.92 Å². The molecule has 138 valence electrons. The fourth-order valence-corrected chi connectivity index (χ4v) is 22.0. The summed E-state index contributed by atoms with van der Waals surface area (Å²) in [5.74, 6) is 0.411. The SMILES string of the molecule is CCC[CH2][Sn]([CH2]CCC)([CH2]CCC)[CH2][C@@H](C)[C@H](O)c1ccccc1. The molecule has 1 aromatic carbocycles. The predicted molar refractivity (Wildman–Crippen MR) is 110 cm³/mol. The monoisotopic (exact) mass is 440 g/mol. The Bertz CT molecular complexity index is 395. The average Bonchev–Trinajstić information content (AvgIpc) is 2.62. The maximum atomic E-state index is 10.9. The van der Waals surface area contributed by atoms with Crippen LogP contribution in [0.15, 0.2) is 30.3 Å². The van der Waals surface area contributed by atoms with Gasteiger partial charge in [-0.1, -0.05) is 0 Å². The molecule has 0 aromatic heterocycles. The number of benzene rings is 1. The number of hydrogen-bond acceptors (Lipinski definition) is 1. The summed E-state index contributed by atoms with van der Waals surface area (Å²) in [4.78, 5) is 0. The summed E-state index contributed by atoms with van der Waals surface area (Å²) < 4.78 is 5.98. The van der Waals surface area contributed by atoms with Crippen molar-refractivity contribution in [3.05, 3.63) is 35.9 Å². The van der Waals surface area contributed by atoms with E-state index in [1.54, 1.807) is 0 Å². The first-order chi connectivity index (χ1) is 11.6. The first-order valence-electron chi connectivity index (χ1n) is 10.3.